The third kappa shape index (κ3) is 2.82. The van der Waals surface area contributed by atoms with Crippen molar-refractivity contribution < 1.29 is 0 Å². The molecule has 0 unspecified atom stereocenters. The molecule has 18 heavy (non-hydrogen) atoms. The molecule has 0 radical (unpaired) electrons. The van der Waals surface area contributed by atoms with E-state index in [1.54, 1.807) is 0 Å². The maximum atomic E-state index is 4.24. The molecule has 94 valence electrons. The molecule has 1 saturated carbocycles. The van der Waals surface area contributed by atoms with Gasteiger partial charge < -0.3 is 9.88 Å². The highest BCUT2D eigenvalue weighted by Gasteiger charge is 2.24. The average Bonchev–Trinajstić information content (AvgIpc) is 3.12. The summed E-state index contributed by atoms with van der Waals surface area (Å²) in [6, 6.07) is 9.12. The van der Waals surface area contributed by atoms with Gasteiger partial charge in [0.25, 0.3) is 0 Å². The van der Waals surface area contributed by atoms with Crippen molar-refractivity contribution >= 4 is 15.9 Å². The molecular formula is C14H16BrN3. The Bertz CT molecular complexity index is 514. The lowest BCUT2D eigenvalue weighted by atomic mass is 10.2. The van der Waals surface area contributed by atoms with Crippen LogP contribution in [0.3, 0.4) is 0 Å². The van der Waals surface area contributed by atoms with Crippen molar-refractivity contribution in [2.75, 3.05) is 0 Å². The predicted molar refractivity (Wildman–Crippen MR) is 75.2 cm³/mol. The summed E-state index contributed by atoms with van der Waals surface area (Å²) in [5, 5.41) is 3.47. The molecule has 1 N–H and O–H groups in total. The Morgan fingerprint density at radius 2 is 2.00 bits per heavy atom. The van der Waals surface area contributed by atoms with Crippen LogP contribution in [0.1, 0.15) is 30.1 Å². The lowest BCUT2D eigenvalue weighted by molar-refractivity contribution is 0.621. The number of hydrogen-bond donors (Lipinski definition) is 1. The molecule has 0 atom stereocenters. The van der Waals surface area contributed by atoms with Crippen molar-refractivity contribution in [2.45, 2.75) is 32.0 Å². The monoisotopic (exact) mass is 305 g/mol. The maximum absolute atomic E-state index is 4.24. The lowest BCUT2D eigenvalue weighted by Gasteiger charge is -2.08. The van der Waals surface area contributed by atoms with Gasteiger partial charge in [0.2, 0.25) is 0 Å². The maximum Gasteiger partial charge on any atom is 0.0951 e. The van der Waals surface area contributed by atoms with E-state index in [0.717, 1.165) is 17.6 Å². The summed E-state index contributed by atoms with van der Waals surface area (Å²) in [5.41, 5.74) is 2.59. The van der Waals surface area contributed by atoms with Crippen molar-refractivity contribution in [3.05, 3.63) is 52.5 Å². The molecule has 0 amide bonds. The highest BCUT2D eigenvalue weighted by Crippen LogP contribution is 2.35. The van der Waals surface area contributed by atoms with E-state index < -0.39 is 0 Å². The van der Waals surface area contributed by atoms with Gasteiger partial charge in [0.1, 0.15) is 0 Å². The number of benzene rings is 1. The molecule has 1 aromatic carbocycles. The standard InChI is InChI=1S/C14H16BrN3/c15-12-3-1-11(2-4-12)7-16-8-14-9-17-10-18(14)13-5-6-13/h1-4,9-10,13,16H,5-8H2. The van der Waals surface area contributed by atoms with Crippen LogP contribution in [0.2, 0.25) is 0 Å². The molecule has 2 aromatic rings. The summed E-state index contributed by atoms with van der Waals surface area (Å²) >= 11 is 3.45. The second kappa shape index (κ2) is 5.24. The van der Waals surface area contributed by atoms with Crippen LogP contribution in [-0.2, 0) is 13.1 Å². The van der Waals surface area contributed by atoms with Crippen molar-refractivity contribution in [3.63, 3.8) is 0 Å². The van der Waals surface area contributed by atoms with Crippen LogP contribution >= 0.6 is 15.9 Å². The van der Waals surface area contributed by atoms with Crippen LogP contribution in [0.25, 0.3) is 0 Å². The van der Waals surface area contributed by atoms with Gasteiger partial charge in [0.05, 0.1) is 12.0 Å². The van der Waals surface area contributed by atoms with E-state index in [4.69, 9.17) is 0 Å². The molecule has 3 nitrogen and oxygen atoms in total. The summed E-state index contributed by atoms with van der Waals surface area (Å²) < 4.78 is 3.42. The number of rotatable bonds is 5. The van der Waals surface area contributed by atoms with Gasteiger partial charge in [0.15, 0.2) is 0 Å². The van der Waals surface area contributed by atoms with Crippen LogP contribution in [0.4, 0.5) is 0 Å². The summed E-state index contributed by atoms with van der Waals surface area (Å²) in [7, 11) is 0. The lowest BCUT2D eigenvalue weighted by Crippen LogP contribution is -2.15. The van der Waals surface area contributed by atoms with Crippen LogP contribution < -0.4 is 5.32 Å². The fourth-order valence-corrected chi connectivity index (χ4v) is 2.35. The zero-order valence-electron chi connectivity index (χ0n) is 10.1. The summed E-state index contributed by atoms with van der Waals surface area (Å²) in [6.07, 6.45) is 6.52. The van der Waals surface area contributed by atoms with E-state index >= 15 is 0 Å². The zero-order valence-corrected chi connectivity index (χ0v) is 11.7. The van der Waals surface area contributed by atoms with E-state index in [2.05, 4.69) is 55.1 Å². The van der Waals surface area contributed by atoms with Crippen molar-refractivity contribution in [3.8, 4) is 0 Å². The fourth-order valence-electron chi connectivity index (χ4n) is 2.09. The van der Waals surface area contributed by atoms with E-state index in [-0.39, 0.29) is 0 Å². The molecule has 1 aromatic heterocycles. The van der Waals surface area contributed by atoms with Crippen molar-refractivity contribution in [1.29, 1.82) is 0 Å². The Morgan fingerprint density at radius 3 is 2.72 bits per heavy atom. The van der Waals surface area contributed by atoms with E-state index in [1.165, 1.54) is 24.1 Å². The molecule has 1 fully saturated rings. The number of nitrogens with one attached hydrogen (secondary N) is 1. The first-order valence-corrected chi connectivity index (χ1v) is 7.08. The summed E-state index contributed by atoms with van der Waals surface area (Å²) in [4.78, 5) is 4.24. The normalized spacial score (nSPS) is 14.9. The van der Waals surface area contributed by atoms with Gasteiger partial charge in [-0.25, -0.2) is 4.98 Å². The molecule has 1 aliphatic rings. The Kier molecular flexibility index (Phi) is 3.48. The Morgan fingerprint density at radius 1 is 1.22 bits per heavy atom. The first-order chi connectivity index (χ1) is 8.83. The number of hydrogen-bond acceptors (Lipinski definition) is 2. The average molecular weight is 306 g/mol. The molecule has 3 rings (SSSR count). The SMILES string of the molecule is Brc1ccc(CNCc2cncn2C2CC2)cc1. The number of halogens is 1. The predicted octanol–water partition coefficient (Wildman–Crippen LogP) is 3.27. The molecule has 1 heterocycles. The minimum atomic E-state index is 0.706. The van der Waals surface area contributed by atoms with E-state index in [9.17, 15) is 0 Å². The van der Waals surface area contributed by atoms with Crippen LogP contribution in [0.15, 0.2) is 41.3 Å². The second-order valence-corrected chi connectivity index (χ2v) is 5.67. The third-order valence-electron chi connectivity index (χ3n) is 3.24. The summed E-state index contributed by atoms with van der Waals surface area (Å²) in [5.74, 6) is 0. The third-order valence-corrected chi connectivity index (χ3v) is 3.76. The topological polar surface area (TPSA) is 29.9 Å². The Balaban J connectivity index is 1.55. The first kappa shape index (κ1) is 11.9. The molecule has 0 saturated heterocycles. The Hall–Kier alpha value is -1.13. The quantitative estimate of drug-likeness (QED) is 0.919. The van der Waals surface area contributed by atoms with Crippen LogP contribution in [0, 0.1) is 0 Å². The van der Waals surface area contributed by atoms with Gasteiger partial charge in [0, 0.05) is 29.8 Å². The number of nitrogens with zero attached hydrogens (tertiary/aromatic N) is 2. The zero-order chi connectivity index (χ0) is 12.4. The van der Waals surface area contributed by atoms with Gasteiger partial charge in [-0.15, -0.1) is 0 Å². The van der Waals surface area contributed by atoms with Gasteiger partial charge in [-0.2, -0.15) is 0 Å². The Labute approximate surface area is 115 Å². The highest BCUT2D eigenvalue weighted by atomic mass is 79.9. The van der Waals surface area contributed by atoms with E-state index in [0.29, 0.717) is 6.04 Å². The minimum Gasteiger partial charge on any atom is -0.330 e. The van der Waals surface area contributed by atoms with Crippen molar-refractivity contribution in [1.82, 2.24) is 14.9 Å². The molecule has 4 heteroatoms. The van der Waals surface area contributed by atoms with Gasteiger partial charge in [-0.3, -0.25) is 0 Å². The van der Waals surface area contributed by atoms with Gasteiger partial charge >= 0.3 is 0 Å². The molecular weight excluding hydrogens is 290 g/mol. The van der Waals surface area contributed by atoms with Gasteiger partial charge in [-0.05, 0) is 30.5 Å². The highest BCUT2D eigenvalue weighted by molar-refractivity contribution is 9.10. The minimum absolute atomic E-state index is 0.706. The van der Waals surface area contributed by atoms with Gasteiger partial charge in [-0.1, -0.05) is 28.1 Å². The summed E-state index contributed by atoms with van der Waals surface area (Å²) in [6.45, 7) is 1.77. The number of imidazole rings is 1. The van der Waals surface area contributed by atoms with Crippen molar-refractivity contribution in [2.24, 2.45) is 0 Å². The second-order valence-electron chi connectivity index (χ2n) is 4.75. The van der Waals surface area contributed by atoms with E-state index in [1.807, 2.05) is 12.5 Å². The smallest absolute Gasteiger partial charge is 0.0951 e. The molecule has 0 aliphatic heterocycles. The van der Waals surface area contributed by atoms with Crippen LogP contribution in [-0.4, -0.2) is 9.55 Å². The molecule has 1 aliphatic carbocycles. The molecule has 0 spiro atoms. The fraction of sp³-hybridized carbons (Fsp3) is 0.357. The number of aromatic nitrogens is 2. The van der Waals surface area contributed by atoms with Crippen LogP contribution in [0.5, 0.6) is 0 Å². The first-order valence-electron chi connectivity index (χ1n) is 6.29. The largest absolute Gasteiger partial charge is 0.330 e. The molecule has 0 bridgehead atoms.